The fourth-order valence-corrected chi connectivity index (χ4v) is 1.86. The van der Waals surface area contributed by atoms with E-state index in [0.29, 0.717) is 12.0 Å². The summed E-state index contributed by atoms with van der Waals surface area (Å²) in [6.07, 6.45) is 1.95. The lowest BCUT2D eigenvalue weighted by molar-refractivity contribution is 0.251. The predicted molar refractivity (Wildman–Crippen MR) is 65.1 cm³/mol. The summed E-state index contributed by atoms with van der Waals surface area (Å²) in [7, 11) is 0. The summed E-state index contributed by atoms with van der Waals surface area (Å²) in [5, 5.41) is 5.04. The molecule has 0 spiro atoms. The molecule has 1 saturated carbocycles. The summed E-state index contributed by atoms with van der Waals surface area (Å²) in [5.41, 5.74) is 4.98. The fourth-order valence-electron chi connectivity index (χ4n) is 1.86. The molecule has 2 amide bonds. The maximum Gasteiger partial charge on any atom is 0.319 e. The van der Waals surface area contributed by atoms with Gasteiger partial charge in [0.15, 0.2) is 0 Å². The van der Waals surface area contributed by atoms with Crippen molar-refractivity contribution in [2.45, 2.75) is 25.8 Å². The van der Waals surface area contributed by atoms with Crippen LogP contribution in [0.15, 0.2) is 12.1 Å². The Labute approximate surface area is 104 Å². The van der Waals surface area contributed by atoms with Crippen molar-refractivity contribution in [3.05, 3.63) is 23.8 Å². The number of halogens is 2. The number of nitrogens with one attached hydrogen (secondary N) is 2. The smallest absolute Gasteiger partial charge is 0.319 e. The fraction of sp³-hybridized carbons (Fsp3) is 0.417. The molecule has 0 radical (unpaired) electrons. The Hall–Kier alpha value is -1.85. The van der Waals surface area contributed by atoms with Crippen molar-refractivity contribution in [3.63, 3.8) is 0 Å². The largest absolute Gasteiger partial charge is 0.396 e. The predicted octanol–water partition coefficient (Wildman–Crippen LogP) is 2.47. The van der Waals surface area contributed by atoms with Crippen LogP contribution in [0.5, 0.6) is 0 Å². The van der Waals surface area contributed by atoms with Gasteiger partial charge in [0.2, 0.25) is 0 Å². The Bertz CT molecular complexity index is 479. The van der Waals surface area contributed by atoms with Crippen molar-refractivity contribution in [2.24, 2.45) is 5.92 Å². The molecule has 1 fully saturated rings. The molecule has 0 heterocycles. The molecule has 18 heavy (non-hydrogen) atoms. The lowest BCUT2D eigenvalue weighted by atomic mass is 10.2. The van der Waals surface area contributed by atoms with Crippen molar-refractivity contribution in [2.75, 3.05) is 11.1 Å². The number of rotatable bonds is 3. The van der Waals surface area contributed by atoms with Crippen molar-refractivity contribution in [3.8, 4) is 0 Å². The molecule has 98 valence electrons. The number of hydrogen-bond donors (Lipinski definition) is 3. The molecule has 1 aliphatic carbocycles. The van der Waals surface area contributed by atoms with Gasteiger partial charge in [0.1, 0.15) is 11.6 Å². The van der Waals surface area contributed by atoms with Crippen LogP contribution in [-0.2, 0) is 0 Å². The van der Waals surface area contributed by atoms with Crippen molar-refractivity contribution >= 4 is 17.4 Å². The summed E-state index contributed by atoms with van der Waals surface area (Å²) in [4.78, 5) is 11.5. The minimum Gasteiger partial charge on any atom is -0.396 e. The van der Waals surface area contributed by atoms with E-state index in [1.807, 2.05) is 6.92 Å². The van der Waals surface area contributed by atoms with E-state index in [9.17, 15) is 13.6 Å². The molecule has 2 unspecified atom stereocenters. The zero-order valence-electron chi connectivity index (χ0n) is 9.97. The van der Waals surface area contributed by atoms with Crippen LogP contribution in [0.1, 0.15) is 19.8 Å². The first-order valence-electron chi connectivity index (χ1n) is 5.83. The number of nitrogen functional groups attached to an aromatic ring is 1. The van der Waals surface area contributed by atoms with Gasteiger partial charge in [0.25, 0.3) is 0 Å². The second-order valence-corrected chi connectivity index (χ2v) is 4.46. The van der Waals surface area contributed by atoms with E-state index >= 15 is 0 Å². The Balaban J connectivity index is 1.97. The number of urea groups is 1. The number of nitrogens with two attached hydrogens (primary N) is 1. The summed E-state index contributed by atoms with van der Waals surface area (Å²) in [5.74, 6) is -1.19. The third-order valence-corrected chi connectivity index (χ3v) is 3.10. The molecular weight excluding hydrogens is 240 g/mol. The highest BCUT2D eigenvalue weighted by Crippen LogP contribution is 2.33. The quantitative estimate of drug-likeness (QED) is 0.726. The van der Waals surface area contributed by atoms with Gasteiger partial charge in [-0.1, -0.05) is 13.3 Å². The minimum atomic E-state index is -0.848. The summed E-state index contributed by atoms with van der Waals surface area (Å²) < 4.78 is 26.3. The van der Waals surface area contributed by atoms with Gasteiger partial charge in [-0.2, -0.15) is 0 Å². The Morgan fingerprint density at radius 3 is 2.78 bits per heavy atom. The number of carbonyl (C=O) groups is 1. The molecule has 1 aliphatic rings. The summed E-state index contributed by atoms with van der Waals surface area (Å²) in [6.45, 7) is 2.05. The lowest BCUT2D eigenvalue weighted by Gasteiger charge is -2.09. The van der Waals surface area contributed by atoms with Crippen molar-refractivity contribution in [1.82, 2.24) is 5.32 Å². The highest BCUT2D eigenvalue weighted by molar-refractivity contribution is 5.90. The maximum atomic E-state index is 13.3. The van der Waals surface area contributed by atoms with Gasteiger partial charge in [-0.25, -0.2) is 13.6 Å². The molecule has 4 nitrogen and oxygen atoms in total. The van der Waals surface area contributed by atoms with Crippen LogP contribution in [0.2, 0.25) is 0 Å². The average Bonchev–Trinajstić information content (AvgIpc) is 3.04. The first-order chi connectivity index (χ1) is 8.51. The van der Waals surface area contributed by atoms with Gasteiger partial charge in [0, 0.05) is 12.1 Å². The second-order valence-electron chi connectivity index (χ2n) is 4.46. The number of benzene rings is 1. The molecule has 1 aromatic carbocycles. The van der Waals surface area contributed by atoms with Crippen molar-refractivity contribution in [1.29, 1.82) is 0 Å². The van der Waals surface area contributed by atoms with E-state index in [2.05, 4.69) is 10.6 Å². The zero-order chi connectivity index (χ0) is 13.3. The highest BCUT2D eigenvalue weighted by Gasteiger charge is 2.36. The highest BCUT2D eigenvalue weighted by atomic mass is 19.1. The Morgan fingerprint density at radius 1 is 1.44 bits per heavy atom. The molecule has 1 aromatic rings. The number of hydrogen-bond acceptors (Lipinski definition) is 2. The molecule has 6 heteroatoms. The lowest BCUT2D eigenvalue weighted by Crippen LogP contribution is -2.31. The van der Waals surface area contributed by atoms with E-state index < -0.39 is 17.7 Å². The molecule has 2 atom stereocenters. The topological polar surface area (TPSA) is 67.2 Å². The van der Waals surface area contributed by atoms with E-state index in [4.69, 9.17) is 5.73 Å². The molecule has 0 aliphatic heterocycles. The molecule has 4 N–H and O–H groups in total. The van der Waals surface area contributed by atoms with Crippen LogP contribution >= 0.6 is 0 Å². The van der Waals surface area contributed by atoms with Crippen LogP contribution in [0.4, 0.5) is 25.0 Å². The second kappa shape index (κ2) is 4.80. The SMILES string of the molecule is CCC1CC1NC(=O)Nc1cc(N)c(F)cc1F. The van der Waals surface area contributed by atoms with E-state index in [1.165, 1.54) is 0 Å². The van der Waals surface area contributed by atoms with Crippen LogP contribution in [0.25, 0.3) is 0 Å². The van der Waals surface area contributed by atoms with Crippen LogP contribution in [-0.4, -0.2) is 12.1 Å². The first-order valence-corrected chi connectivity index (χ1v) is 5.83. The van der Waals surface area contributed by atoms with Crippen molar-refractivity contribution < 1.29 is 13.6 Å². The number of amides is 2. The maximum absolute atomic E-state index is 13.3. The van der Waals surface area contributed by atoms with Gasteiger partial charge in [-0.05, 0) is 18.4 Å². The number of anilines is 2. The van der Waals surface area contributed by atoms with Crippen LogP contribution in [0, 0.1) is 17.6 Å². The van der Waals surface area contributed by atoms with Gasteiger partial charge >= 0.3 is 6.03 Å². The van der Waals surface area contributed by atoms with Crippen LogP contribution in [0.3, 0.4) is 0 Å². The first kappa shape index (κ1) is 12.6. The molecule has 0 saturated heterocycles. The third kappa shape index (κ3) is 2.69. The van der Waals surface area contributed by atoms with Gasteiger partial charge in [-0.15, -0.1) is 0 Å². The molecule has 0 aromatic heterocycles. The normalized spacial score (nSPS) is 21.5. The molecule has 2 rings (SSSR count). The van der Waals surface area contributed by atoms with E-state index in [-0.39, 0.29) is 17.4 Å². The van der Waals surface area contributed by atoms with Gasteiger partial charge in [0.05, 0.1) is 11.4 Å². The summed E-state index contributed by atoms with van der Waals surface area (Å²) in [6, 6.07) is 1.36. The van der Waals surface area contributed by atoms with Crippen LogP contribution < -0.4 is 16.4 Å². The van der Waals surface area contributed by atoms with E-state index in [0.717, 1.165) is 18.9 Å². The number of carbonyl (C=O) groups excluding carboxylic acids is 1. The van der Waals surface area contributed by atoms with Gasteiger partial charge < -0.3 is 16.4 Å². The molecule has 0 bridgehead atoms. The minimum absolute atomic E-state index is 0.125. The Kier molecular flexibility index (Phi) is 3.36. The Morgan fingerprint density at radius 2 is 2.17 bits per heavy atom. The van der Waals surface area contributed by atoms with Gasteiger partial charge in [-0.3, -0.25) is 0 Å². The summed E-state index contributed by atoms with van der Waals surface area (Å²) >= 11 is 0. The monoisotopic (exact) mass is 255 g/mol. The molecular formula is C12H15F2N3O. The standard InChI is InChI=1S/C12H15F2N3O/c1-2-6-3-10(6)16-12(18)17-11-5-9(15)7(13)4-8(11)14/h4-6,10H,2-3,15H2,1H3,(H2,16,17,18). The third-order valence-electron chi connectivity index (χ3n) is 3.10. The zero-order valence-corrected chi connectivity index (χ0v) is 9.97. The average molecular weight is 255 g/mol. The van der Waals surface area contributed by atoms with E-state index in [1.54, 1.807) is 0 Å².